The van der Waals surface area contributed by atoms with Crippen LogP contribution in [-0.4, -0.2) is 12.2 Å². The Labute approximate surface area is 52.0 Å². The van der Waals surface area contributed by atoms with Gasteiger partial charge in [0.05, 0.1) is 12.2 Å². The highest BCUT2D eigenvalue weighted by Crippen LogP contribution is 1.99. The Morgan fingerprint density at radius 1 is 1.38 bits per heavy atom. The molecule has 0 N–H and O–H groups in total. The minimum absolute atomic E-state index is 0.315. The Morgan fingerprint density at radius 3 is 2.00 bits per heavy atom. The largest absolute Gasteiger partial charge is 0.376 e. The maximum atomic E-state index is 5.34. The highest BCUT2D eigenvalue weighted by molar-refractivity contribution is 4.52. The Hall–Kier alpha value is -0.0400. The summed E-state index contributed by atoms with van der Waals surface area (Å²) < 4.78 is 5.34. The van der Waals surface area contributed by atoms with Gasteiger partial charge in [-0.3, -0.25) is 0 Å². The Balaban J connectivity index is 3.10. The van der Waals surface area contributed by atoms with Crippen molar-refractivity contribution in [3.8, 4) is 0 Å². The topological polar surface area (TPSA) is 9.23 Å². The van der Waals surface area contributed by atoms with E-state index in [2.05, 4.69) is 6.92 Å². The van der Waals surface area contributed by atoms with Crippen LogP contribution in [0.3, 0.4) is 0 Å². The van der Waals surface area contributed by atoms with Crippen LogP contribution in [0.5, 0.6) is 0 Å². The second-order valence-corrected chi connectivity index (χ2v) is 2.28. The maximum absolute atomic E-state index is 5.34. The van der Waals surface area contributed by atoms with Gasteiger partial charge in [-0.05, 0) is 27.2 Å². The van der Waals surface area contributed by atoms with Crippen molar-refractivity contribution in [3.63, 3.8) is 0 Å². The third kappa shape index (κ3) is 4.13. The first kappa shape index (κ1) is 7.96. The van der Waals surface area contributed by atoms with E-state index in [4.69, 9.17) is 4.74 Å². The lowest BCUT2D eigenvalue weighted by molar-refractivity contribution is 0.0206. The smallest absolute Gasteiger partial charge is 0.0550 e. The Bertz CT molecular complexity index is 50.3. The zero-order chi connectivity index (χ0) is 6.57. The van der Waals surface area contributed by atoms with Crippen LogP contribution in [0.25, 0.3) is 0 Å². The van der Waals surface area contributed by atoms with E-state index in [1.807, 2.05) is 20.8 Å². The molecule has 0 aliphatic heterocycles. The lowest BCUT2D eigenvalue weighted by Crippen LogP contribution is -2.12. The molecule has 49 valence electrons. The monoisotopic (exact) mass is 115 g/mol. The molecule has 1 atom stereocenters. The van der Waals surface area contributed by atoms with E-state index in [9.17, 15) is 0 Å². The van der Waals surface area contributed by atoms with E-state index in [1.165, 1.54) is 0 Å². The van der Waals surface area contributed by atoms with E-state index in [1.54, 1.807) is 0 Å². The van der Waals surface area contributed by atoms with Crippen molar-refractivity contribution in [2.45, 2.75) is 39.4 Å². The molecule has 1 unspecified atom stereocenters. The summed E-state index contributed by atoms with van der Waals surface area (Å²) in [5.41, 5.74) is 0. The van der Waals surface area contributed by atoms with E-state index in [0.29, 0.717) is 12.2 Å². The molecule has 0 heterocycles. The third-order valence-corrected chi connectivity index (χ3v) is 0.911. The molecule has 0 saturated carbocycles. The molecule has 0 amide bonds. The average molecular weight is 115 g/mol. The lowest BCUT2D eigenvalue weighted by atomic mass is 10.3. The van der Waals surface area contributed by atoms with Gasteiger partial charge in [0.2, 0.25) is 0 Å². The molecule has 0 rings (SSSR count). The molecule has 0 saturated heterocycles. The molecular formula is C7H15O. The van der Waals surface area contributed by atoms with Crippen molar-refractivity contribution in [2.24, 2.45) is 0 Å². The van der Waals surface area contributed by atoms with Gasteiger partial charge in [-0.25, -0.2) is 0 Å². The summed E-state index contributed by atoms with van der Waals surface area (Å²) in [5.74, 6) is 0. The second kappa shape index (κ2) is 3.90. The summed E-state index contributed by atoms with van der Waals surface area (Å²) >= 11 is 0. The SMILES string of the molecule is [CH2]CC(C)OC(C)C. The molecule has 0 aliphatic rings. The van der Waals surface area contributed by atoms with Crippen molar-refractivity contribution in [3.05, 3.63) is 6.92 Å². The summed E-state index contributed by atoms with van der Waals surface area (Å²) in [7, 11) is 0. The van der Waals surface area contributed by atoms with Crippen LogP contribution in [0.2, 0.25) is 0 Å². The van der Waals surface area contributed by atoms with E-state index < -0.39 is 0 Å². The fourth-order valence-electron chi connectivity index (χ4n) is 0.533. The van der Waals surface area contributed by atoms with Crippen molar-refractivity contribution in [2.75, 3.05) is 0 Å². The van der Waals surface area contributed by atoms with Gasteiger partial charge in [0, 0.05) is 0 Å². The van der Waals surface area contributed by atoms with Gasteiger partial charge in [0.15, 0.2) is 0 Å². The van der Waals surface area contributed by atoms with Crippen LogP contribution in [-0.2, 0) is 4.74 Å². The van der Waals surface area contributed by atoms with Crippen molar-refractivity contribution >= 4 is 0 Å². The summed E-state index contributed by atoms with van der Waals surface area (Å²) in [5, 5.41) is 0. The first-order chi connectivity index (χ1) is 3.66. The number of rotatable bonds is 3. The molecule has 1 radical (unpaired) electrons. The van der Waals surface area contributed by atoms with Crippen LogP contribution < -0.4 is 0 Å². The molecule has 0 fully saturated rings. The van der Waals surface area contributed by atoms with Gasteiger partial charge in [-0.1, -0.05) is 6.92 Å². The predicted octanol–water partition coefficient (Wildman–Crippen LogP) is 2.02. The molecule has 1 heteroatoms. The average Bonchev–Trinajstić information content (AvgIpc) is 1.65. The lowest BCUT2D eigenvalue weighted by Gasteiger charge is -2.12. The molecule has 0 aromatic rings. The minimum atomic E-state index is 0.315. The van der Waals surface area contributed by atoms with Gasteiger partial charge >= 0.3 is 0 Å². The molecular weight excluding hydrogens is 100 g/mol. The summed E-state index contributed by atoms with van der Waals surface area (Å²) in [4.78, 5) is 0. The molecule has 1 nitrogen and oxygen atoms in total. The normalized spacial score (nSPS) is 14.6. The van der Waals surface area contributed by atoms with Gasteiger partial charge in [-0.15, -0.1) is 0 Å². The maximum Gasteiger partial charge on any atom is 0.0550 e. The van der Waals surface area contributed by atoms with Crippen molar-refractivity contribution in [1.82, 2.24) is 0 Å². The first-order valence-electron chi connectivity index (χ1n) is 3.11. The van der Waals surface area contributed by atoms with Crippen LogP contribution in [0, 0.1) is 6.92 Å². The number of hydrogen-bond acceptors (Lipinski definition) is 1. The third-order valence-electron chi connectivity index (χ3n) is 0.911. The van der Waals surface area contributed by atoms with Crippen LogP contribution in [0.15, 0.2) is 0 Å². The zero-order valence-electron chi connectivity index (χ0n) is 5.98. The first-order valence-corrected chi connectivity index (χ1v) is 3.11. The van der Waals surface area contributed by atoms with Crippen molar-refractivity contribution < 1.29 is 4.74 Å². The van der Waals surface area contributed by atoms with E-state index >= 15 is 0 Å². The van der Waals surface area contributed by atoms with Crippen LogP contribution in [0.1, 0.15) is 27.2 Å². The summed E-state index contributed by atoms with van der Waals surface area (Å²) in [6.07, 6.45) is 1.51. The molecule has 0 aliphatic carbocycles. The number of ether oxygens (including phenoxy) is 1. The quantitative estimate of drug-likeness (QED) is 0.546. The van der Waals surface area contributed by atoms with Gasteiger partial charge in [0.25, 0.3) is 0 Å². The summed E-state index contributed by atoms with van der Waals surface area (Å²) in [6.45, 7) is 9.82. The minimum Gasteiger partial charge on any atom is -0.376 e. The van der Waals surface area contributed by atoms with Crippen LogP contribution >= 0.6 is 0 Å². The van der Waals surface area contributed by atoms with Gasteiger partial charge in [0.1, 0.15) is 0 Å². The van der Waals surface area contributed by atoms with Gasteiger partial charge in [-0.2, -0.15) is 0 Å². The highest BCUT2D eigenvalue weighted by Gasteiger charge is 1.99. The predicted molar refractivity (Wildman–Crippen MR) is 35.7 cm³/mol. The molecule has 0 spiro atoms. The van der Waals surface area contributed by atoms with Crippen molar-refractivity contribution in [1.29, 1.82) is 0 Å². The van der Waals surface area contributed by atoms with E-state index in [0.717, 1.165) is 6.42 Å². The molecule has 8 heavy (non-hydrogen) atoms. The Morgan fingerprint density at radius 2 is 1.88 bits per heavy atom. The number of hydrogen-bond donors (Lipinski definition) is 0. The van der Waals surface area contributed by atoms with E-state index in [-0.39, 0.29) is 0 Å². The fraction of sp³-hybridized carbons (Fsp3) is 0.857. The standard InChI is InChI=1S/C7H15O/c1-5-7(4)8-6(2)3/h6-7H,1,5H2,2-4H3. The fourth-order valence-corrected chi connectivity index (χ4v) is 0.533. The molecule has 0 aromatic heterocycles. The zero-order valence-corrected chi connectivity index (χ0v) is 5.98. The Kier molecular flexibility index (Phi) is 3.88. The molecule has 0 aromatic carbocycles. The molecule has 0 bridgehead atoms. The highest BCUT2D eigenvalue weighted by atomic mass is 16.5. The summed E-state index contributed by atoms with van der Waals surface area (Å²) in [6, 6.07) is 0. The second-order valence-electron chi connectivity index (χ2n) is 2.28. The van der Waals surface area contributed by atoms with Crippen LogP contribution in [0.4, 0.5) is 0 Å². The van der Waals surface area contributed by atoms with Gasteiger partial charge < -0.3 is 4.74 Å².